The molecule has 0 radical (unpaired) electrons. The van der Waals surface area contributed by atoms with Crippen LogP contribution >= 0.6 is 0 Å². The summed E-state index contributed by atoms with van der Waals surface area (Å²) in [7, 11) is 0. The molecule has 0 aromatic carbocycles. The van der Waals surface area contributed by atoms with E-state index in [2.05, 4.69) is 38.4 Å². The van der Waals surface area contributed by atoms with Gasteiger partial charge in [-0.15, -0.1) is 0 Å². The van der Waals surface area contributed by atoms with Crippen molar-refractivity contribution in [1.29, 1.82) is 0 Å². The minimum atomic E-state index is 1.16. The van der Waals surface area contributed by atoms with Crippen molar-refractivity contribution in [3.8, 4) is 0 Å². The fourth-order valence-electron chi connectivity index (χ4n) is 1.39. The molecule has 0 spiro atoms. The second-order valence-corrected chi connectivity index (χ2v) is 2.89. The summed E-state index contributed by atoms with van der Waals surface area (Å²) in [4.78, 5) is 3.31. The van der Waals surface area contributed by atoms with Gasteiger partial charge in [0.05, 0.1) is 0 Å². The predicted octanol–water partition coefficient (Wildman–Crippen LogP) is 1.40. The van der Waals surface area contributed by atoms with Gasteiger partial charge in [0.15, 0.2) is 0 Å². The van der Waals surface area contributed by atoms with Crippen LogP contribution in [0.1, 0.15) is 18.2 Å². The van der Waals surface area contributed by atoms with Crippen molar-refractivity contribution in [2.45, 2.75) is 20.8 Å². The quantitative estimate of drug-likeness (QED) is 0.641. The number of allylic oxidation sites excluding steroid dienone is 1. The fourth-order valence-corrected chi connectivity index (χ4v) is 1.39. The van der Waals surface area contributed by atoms with Gasteiger partial charge in [-0.1, -0.05) is 18.7 Å². The molecule has 64 valence electrons. The molecule has 0 saturated heterocycles. The number of aryl methyl sites for hydroxylation is 1. The first-order valence-electron chi connectivity index (χ1n) is 4.15. The van der Waals surface area contributed by atoms with Gasteiger partial charge in [0, 0.05) is 11.0 Å². The Hall–Kier alpha value is -1.24. The van der Waals surface area contributed by atoms with E-state index in [0.717, 1.165) is 5.35 Å². The van der Waals surface area contributed by atoms with Gasteiger partial charge in [-0.3, -0.25) is 0 Å². The molecule has 1 N–H and O–H groups in total. The molecule has 0 aliphatic carbocycles. The highest BCUT2D eigenvalue weighted by atomic mass is 14.7. The lowest BCUT2D eigenvalue weighted by atomic mass is 10.2. The van der Waals surface area contributed by atoms with Gasteiger partial charge in [-0.2, -0.15) is 0 Å². The molecule has 1 heterocycles. The van der Waals surface area contributed by atoms with Crippen LogP contribution in [0.3, 0.4) is 0 Å². The van der Waals surface area contributed by atoms with Crippen molar-refractivity contribution >= 4 is 12.2 Å². The average molecular weight is 161 g/mol. The Kier molecular flexibility index (Phi) is 2.54. The Morgan fingerprint density at radius 3 is 2.50 bits per heavy atom. The van der Waals surface area contributed by atoms with Gasteiger partial charge in [-0.25, -0.2) is 0 Å². The Bertz CT molecular complexity index is 393. The van der Waals surface area contributed by atoms with Crippen molar-refractivity contribution in [3.63, 3.8) is 0 Å². The summed E-state index contributed by atoms with van der Waals surface area (Å²) in [6, 6.07) is 0. The second-order valence-electron chi connectivity index (χ2n) is 2.89. The number of rotatable bonds is 1. The normalized spacial score (nSPS) is 13.9. The smallest absolute Gasteiger partial charge is 0.0455 e. The van der Waals surface area contributed by atoms with E-state index in [1.54, 1.807) is 6.08 Å². The van der Waals surface area contributed by atoms with Gasteiger partial charge in [0.2, 0.25) is 0 Å². The van der Waals surface area contributed by atoms with Gasteiger partial charge in [-0.05, 0) is 37.6 Å². The van der Waals surface area contributed by atoms with Crippen LogP contribution in [0.15, 0.2) is 12.7 Å². The molecule has 0 aliphatic rings. The summed E-state index contributed by atoms with van der Waals surface area (Å²) in [6.45, 7) is 9.95. The molecule has 1 rings (SSSR count). The predicted molar refractivity (Wildman–Crippen MR) is 54.3 cm³/mol. The molecule has 1 aromatic rings. The highest BCUT2D eigenvalue weighted by molar-refractivity contribution is 5.39. The number of aromatic nitrogens is 1. The number of nitrogens with one attached hydrogen (secondary N) is 1. The highest BCUT2D eigenvalue weighted by Crippen LogP contribution is 1.91. The van der Waals surface area contributed by atoms with Crippen LogP contribution in [-0.2, 0) is 0 Å². The Morgan fingerprint density at radius 1 is 1.33 bits per heavy atom. The topological polar surface area (TPSA) is 15.8 Å². The molecule has 0 unspecified atom stereocenters. The van der Waals surface area contributed by atoms with E-state index in [1.165, 1.54) is 16.5 Å². The maximum Gasteiger partial charge on any atom is 0.0455 e. The molecule has 0 saturated carbocycles. The molecular weight excluding hydrogens is 146 g/mol. The number of hydrogen-bond acceptors (Lipinski definition) is 0. The summed E-state index contributed by atoms with van der Waals surface area (Å²) in [5, 5.41) is 2.44. The molecule has 1 aromatic heterocycles. The van der Waals surface area contributed by atoms with Crippen molar-refractivity contribution < 1.29 is 0 Å². The molecule has 0 bridgehead atoms. The fraction of sp³-hybridized carbons (Fsp3) is 0.273. The van der Waals surface area contributed by atoms with Crippen molar-refractivity contribution in [2.75, 3.05) is 0 Å². The zero-order chi connectivity index (χ0) is 9.14. The van der Waals surface area contributed by atoms with Crippen LogP contribution < -0.4 is 10.6 Å². The van der Waals surface area contributed by atoms with E-state index in [0.29, 0.717) is 0 Å². The minimum absolute atomic E-state index is 1.16. The first-order chi connectivity index (χ1) is 5.70. The van der Waals surface area contributed by atoms with Crippen LogP contribution in [0.5, 0.6) is 0 Å². The van der Waals surface area contributed by atoms with Gasteiger partial charge in [0.1, 0.15) is 0 Å². The van der Waals surface area contributed by atoms with Crippen LogP contribution in [0.2, 0.25) is 0 Å². The molecule has 1 heteroatoms. The molecule has 0 fully saturated rings. The molecule has 0 aliphatic heterocycles. The monoisotopic (exact) mass is 161 g/mol. The lowest BCUT2D eigenvalue weighted by molar-refractivity contribution is 1.20. The summed E-state index contributed by atoms with van der Waals surface area (Å²) < 4.78 is 0. The lowest BCUT2D eigenvalue weighted by Gasteiger charge is -1.84. The maximum absolute atomic E-state index is 3.68. The van der Waals surface area contributed by atoms with Crippen molar-refractivity contribution in [3.05, 3.63) is 34.5 Å². The second kappa shape index (κ2) is 3.44. The van der Waals surface area contributed by atoms with Crippen LogP contribution in [0, 0.1) is 13.8 Å². The van der Waals surface area contributed by atoms with E-state index < -0.39 is 0 Å². The molecule has 0 atom stereocenters. The van der Waals surface area contributed by atoms with E-state index in [9.17, 15) is 0 Å². The third kappa shape index (κ3) is 1.35. The first-order valence-corrected chi connectivity index (χ1v) is 4.15. The SMILES string of the molecule is C=C/C=c1/[nH]c(C)c(C)/c1=C/C. The largest absolute Gasteiger partial charge is 0.358 e. The van der Waals surface area contributed by atoms with Crippen molar-refractivity contribution in [2.24, 2.45) is 0 Å². The first kappa shape index (κ1) is 8.85. The molecule has 1 nitrogen and oxygen atoms in total. The lowest BCUT2D eigenvalue weighted by Crippen LogP contribution is -2.23. The van der Waals surface area contributed by atoms with E-state index in [-0.39, 0.29) is 0 Å². The Balaban J connectivity index is 3.63. The Labute approximate surface area is 73.1 Å². The summed E-state index contributed by atoms with van der Waals surface area (Å²) in [5.74, 6) is 0. The molecule has 12 heavy (non-hydrogen) atoms. The number of hydrogen-bond donors (Lipinski definition) is 1. The van der Waals surface area contributed by atoms with Gasteiger partial charge < -0.3 is 4.98 Å². The minimum Gasteiger partial charge on any atom is -0.358 e. The Morgan fingerprint density at radius 2 is 2.00 bits per heavy atom. The molecule has 0 amide bonds. The zero-order valence-electron chi connectivity index (χ0n) is 7.94. The van der Waals surface area contributed by atoms with Crippen LogP contribution in [0.25, 0.3) is 12.2 Å². The van der Waals surface area contributed by atoms with Crippen LogP contribution in [-0.4, -0.2) is 4.98 Å². The summed E-state index contributed by atoms with van der Waals surface area (Å²) in [5.41, 5.74) is 2.56. The molecular formula is C11H15N. The number of aromatic amines is 1. The standard InChI is InChI=1S/C11H15N/c1-5-7-11-10(6-2)8(3)9(4)12-11/h5-7,12H,1H2,2-4H3/b10-6-,11-7+. The highest BCUT2D eigenvalue weighted by Gasteiger charge is 1.96. The summed E-state index contributed by atoms with van der Waals surface area (Å²) >= 11 is 0. The van der Waals surface area contributed by atoms with Gasteiger partial charge >= 0.3 is 0 Å². The summed E-state index contributed by atoms with van der Waals surface area (Å²) in [6.07, 6.45) is 5.92. The van der Waals surface area contributed by atoms with Crippen LogP contribution in [0.4, 0.5) is 0 Å². The third-order valence-corrected chi connectivity index (χ3v) is 2.15. The van der Waals surface area contributed by atoms with Crippen molar-refractivity contribution in [1.82, 2.24) is 4.98 Å². The zero-order valence-corrected chi connectivity index (χ0v) is 7.94. The van der Waals surface area contributed by atoms with E-state index >= 15 is 0 Å². The van der Waals surface area contributed by atoms with Gasteiger partial charge in [0.25, 0.3) is 0 Å². The maximum atomic E-state index is 3.68. The number of H-pyrrole nitrogens is 1. The average Bonchev–Trinajstić information content (AvgIpc) is 2.29. The van der Waals surface area contributed by atoms with E-state index in [1.807, 2.05) is 6.08 Å². The third-order valence-electron chi connectivity index (χ3n) is 2.15. The van der Waals surface area contributed by atoms with E-state index in [4.69, 9.17) is 0 Å².